The van der Waals surface area contributed by atoms with Gasteiger partial charge < -0.3 is 21.5 Å². The molecule has 2 atom stereocenters. The predicted octanol–water partition coefficient (Wildman–Crippen LogP) is -1.74. The molecule has 0 fully saturated rings. The lowest BCUT2D eigenvalue weighted by Crippen LogP contribution is -2.16. The van der Waals surface area contributed by atoms with Gasteiger partial charge in [-0.25, -0.2) is 0 Å². The lowest BCUT2D eigenvalue weighted by atomic mass is 10.7. The van der Waals surface area contributed by atoms with Crippen LogP contribution in [0.5, 0.6) is 0 Å². The van der Waals surface area contributed by atoms with E-state index in [0.29, 0.717) is 6.54 Å². The molecule has 0 radical (unpaired) electrons. The highest BCUT2D eigenvalue weighted by Gasteiger charge is 2.03. The van der Waals surface area contributed by atoms with Gasteiger partial charge in [0, 0.05) is 6.54 Å². The van der Waals surface area contributed by atoms with Gasteiger partial charge in [-0.2, -0.15) is 0 Å². The number of hydrogen-bond acceptors (Lipinski definition) is 6. The van der Waals surface area contributed by atoms with Crippen LogP contribution in [-0.4, -0.2) is 24.5 Å². The summed E-state index contributed by atoms with van der Waals surface area (Å²) < 4.78 is 13.5. The first-order chi connectivity index (χ1) is 5.04. The second kappa shape index (κ2) is 9.90. The van der Waals surface area contributed by atoms with Gasteiger partial charge in [0.15, 0.2) is 6.23 Å². The quantitative estimate of drug-likeness (QED) is 0.353. The van der Waals surface area contributed by atoms with E-state index < -0.39 is 14.5 Å². The van der Waals surface area contributed by atoms with E-state index in [1.807, 2.05) is 0 Å². The van der Waals surface area contributed by atoms with Crippen molar-refractivity contribution in [3.8, 4) is 0 Å². The highest BCUT2D eigenvalue weighted by molar-refractivity contribution is 7.30. The third-order valence-electron chi connectivity index (χ3n) is 0.381. The number of aliphatic hydroxyl groups excluding tert-OH is 1. The normalized spacial score (nSPS) is 13.0. The molecule has 7 heteroatoms. The van der Waals surface area contributed by atoms with E-state index in [9.17, 15) is 9.46 Å². The van der Waals surface area contributed by atoms with Crippen molar-refractivity contribution in [1.82, 2.24) is 0 Å². The molecule has 0 rings (SSSR count). The molecule has 0 aliphatic rings. The largest absolute Gasteiger partial charge is 0.566 e. The Bertz CT molecular complexity index is 98.1. The summed E-state index contributed by atoms with van der Waals surface area (Å²) in [7, 11) is -2.76. The third kappa shape index (κ3) is 25.7. The van der Waals surface area contributed by atoms with Crippen molar-refractivity contribution >= 4 is 8.25 Å². The smallest absolute Gasteiger partial charge is 0.490 e. The van der Waals surface area contributed by atoms with Crippen LogP contribution in [0.15, 0.2) is 0 Å². The minimum absolute atomic E-state index is 0.0972. The van der Waals surface area contributed by atoms with Gasteiger partial charge in [-0.05, 0) is 11.5 Å². The van der Waals surface area contributed by atoms with E-state index >= 15 is 0 Å². The molecule has 0 aliphatic carbocycles. The van der Waals surface area contributed by atoms with Crippen LogP contribution in [0.3, 0.4) is 0 Å². The SMILES string of the molecule is CC(N)O[P+](=O)[O-].NCCO. The minimum atomic E-state index is -2.76. The molecule has 6 nitrogen and oxygen atoms in total. The average molecular weight is 184 g/mol. The molecule has 0 heterocycles. The van der Waals surface area contributed by atoms with Crippen LogP contribution in [0, 0.1) is 0 Å². The monoisotopic (exact) mass is 184 g/mol. The van der Waals surface area contributed by atoms with Crippen molar-refractivity contribution in [1.29, 1.82) is 0 Å². The van der Waals surface area contributed by atoms with E-state index in [-0.39, 0.29) is 6.61 Å². The molecule has 0 saturated heterocycles. The van der Waals surface area contributed by atoms with Gasteiger partial charge in [-0.1, -0.05) is 0 Å². The molecular weight excluding hydrogens is 171 g/mol. The molecule has 0 spiro atoms. The number of aliphatic hydroxyl groups is 1. The van der Waals surface area contributed by atoms with Crippen molar-refractivity contribution in [3.05, 3.63) is 0 Å². The molecule has 0 saturated carbocycles. The Kier molecular flexibility index (Phi) is 12.1. The second-order valence-corrected chi connectivity index (χ2v) is 2.20. The summed E-state index contributed by atoms with van der Waals surface area (Å²) in [5, 5.41) is 7.75. The van der Waals surface area contributed by atoms with Crippen LogP contribution in [0.4, 0.5) is 0 Å². The fourth-order valence-electron chi connectivity index (χ4n) is 0.136. The van der Waals surface area contributed by atoms with Crippen LogP contribution >= 0.6 is 8.25 Å². The first-order valence-electron chi connectivity index (χ1n) is 2.92. The first kappa shape index (κ1) is 13.5. The van der Waals surface area contributed by atoms with E-state index in [2.05, 4.69) is 4.52 Å². The fourth-order valence-corrected chi connectivity index (χ4v) is 0.407. The van der Waals surface area contributed by atoms with Crippen molar-refractivity contribution in [2.45, 2.75) is 13.2 Å². The van der Waals surface area contributed by atoms with Gasteiger partial charge in [0.25, 0.3) is 0 Å². The van der Waals surface area contributed by atoms with Gasteiger partial charge in [0.05, 0.1) is 6.61 Å². The molecule has 0 aromatic carbocycles. The van der Waals surface area contributed by atoms with E-state index in [0.717, 1.165) is 0 Å². The zero-order valence-corrected chi connectivity index (χ0v) is 7.16. The highest BCUT2D eigenvalue weighted by Crippen LogP contribution is 2.08. The Labute approximate surface area is 66.1 Å². The molecule has 5 N–H and O–H groups in total. The Morgan fingerprint density at radius 2 is 2.18 bits per heavy atom. The Morgan fingerprint density at radius 1 is 1.82 bits per heavy atom. The van der Waals surface area contributed by atoms with E-state index in [4.69, 9.17) is 16.6 Å². The van der Waals surface area contributed by atoms with Crippen LogP contribution < -0.4 is 16.4 Å². The van der Waals surface area contributed by atoms with Crippen molar-refractivity contribution in [3.63, 3.8) is 0 Å². The van der Waals surface area contributed by atoms with Gasteiger partial charge in [0.1, 0.15) is 0 Å². The average Bonchev–Trinajstić information content (AvgIpc) is 1.85. The summed E-state index contributed by atoms with van der Waals surface area (Å²) >= 11 is 0. The second-order valence-electron chi connectivity index (χ2n) is 1.55. The van der Waals surface area contributed by atoms with Gasteiger partial charge in [-0.15, -0.1) is 4.52 Å². The van der Waals surface area contributed by atoms with Gasteiger partial charge >= 0.3 is 8.25 Å². The van der Waals surface area contributed by atoms with Gasteiger partial charge in [0.2, 0.25) is 0 Å². The Hall–Kier alpha value is -0.100. The molecule has 2 unspecified atom stereocenters. The first-order valence-corrected chi connectivity index (χ1v) is 4.01. The number of hydrogen-bond donors (Lipinski definition) is 3. The maximum atomic E-state index is 9.54. The maximum absolute atomic E-state index is 9.54. The Morgan fingerprint density at radius 3 is 2.18 bits per heavy atom. The standard InChI is InChI=1S/C2H6NO3P.C2H7NO/c1-2(3)6-7(4)5;3-1-2-4/h2H,3H2,1H3;4H,1-3H2. The topological polar surface area (TPSA) is 122 Å². The molecule has 0 aromatic rings. The molecular formula is C4H13N2O4P. The van der Waals surface area contributed by atoms with Crippen LogP contribution in [0.1, 0.15) is 6.92 Å². The molecule has 0 bridgehead atoms. The van der Waals surface area contributed by atoms with Crippen LogP contribution in [0.2, 0.25) is 0 Å². The van der Waals surface area contributed by atoms with Gasteiger partial charge in [-0.3, -0.25) is 0 Å². The molecule has 0 amide bonds. The van der Waals surface area contributed by atoms with Crippen molar-refractivity contribution < 1.29 is 19.1 Å². The van der Waals surface area contributed by atoms with Crippen molar-refractivity contribution in [2.24, 2.45) is 11.5 Å². The summed E-state index contributed by atoms with van der Waals surface area (Å²) in [5.74, 6) is 0. The van der Waals surface area contributed by atoms with Crippen LogP contribution in [0.25, 0.3) is 0 Å². The predicted molar refractivity (Wildman–Crippen MR) is 38.5 cm³/mol. The molecule has 0 aromatic heterocycles. The summed E-state index contributed by atoms with van der Waals surface area (Å²) in [6.07, 6.45) is -0.721. The summed E-state index contributed by atoms with van der Waals surface area (Å²) in [6, 6.07) is 0. The summed E-state index contributed by atoms with van der Waals surface area (Å²) in [4.78, 5) is 9.54. The molecule has 11 heavy (non-hydrogen) atoms. The van der Waals surface area contributed by atoms with E-state index in [1.54, 1.807) is 0 Å². The summed E-state index contributed by atoms with van der Waals surface area (Å²) in [5.41, 5.74) is 9.67. The summed E-state index contributed by atoms with van der Waals surface area (Å²) in [6.45, 7) is 1.91. The zero-order valence-electron chi connectivity index (χ0n) is 6.27. The lowest BCUT2D eigenvalue weighted by molar-refractivity contribution is -0.188. The number of nitrogens with two attached hydrogens (primary N) is 2. The molecule has 0 aliphatic heterocycles. The van der Waals surface area contributed by atoms with E-state index in [1.165, 1.54) is 6.92 Å². The third-order valence-corrected chi connectivity index (χ3v) is 0.886. The maximum Gasteiger partial charge on any atom is 0.490 e. The minimum Gasteiger partial charge on any atom is -0.566 e. The fraction of sp³-hybridized carbons (Fsp3) is 1.00. The van der Waals surface area contributed by atoms with Crippen LogP contribution in [-0.2, 0) is 9.09 Å². The lowest BCUT2D eigenvalue weighted by Gasteiger charge is -1.92. The zero-order chi connectivity index (χ0) is 9.28. The van der Waals surface area contributed by atoms with Crippen molar-refractivity contribution in [2.75, 3.05) is 13.2 Å². The number of rotatable bonds is 3. The molecule has 68 valence electrons. The highest BCUT2D eigenvalue weighted by atomic mass is 31.1. The Balaban J connectivity index is 0.